The standard InChI is InChI=1S/C18H24N2O5S/c1-11-9-14-10-16(7-8-17(14)20(11)12(2)21)26(24,25)19-15-5-3-13(4-6-15)18(22)23/h7-8,10-11,13,15,19H,3-6,9H2,1-2H3,(H,22,23). The quantitative estimate of drug-likeness (QED) is 0.830. The molecule has 1 aromatic rings. The SMILES string of the molecule is CC(=O)N1c2ccc(S(=O)(=O)NC3CCC(C(=O)O)CC3)cc2CC1C. The molecule has 0 aromatic heterocycles. The molecule has 0 radical (unpaired) electrons. The average molecular weight is 380 g/mol. The number of fused-ring (bicyclic) bond motifs is 1. The molecule has 7 nitrogen and oxygen atoms in total. The van der Waals surface area contributed by atoms with Crippen molar-refractivity contribution in [3.8, 4) is 0 Å². The van der Waals surface area contributed by atoms with Crippen LogP contribution in [-0.2, 0) is 26.0 Å². The Morgan fingerprint density at radius 3 is 2.42 bits per heavy atom. The van der Waals surface area contributed by atoms with Gasteiger partial charge in [-0.15, -0.1) is 0 Å². The number of carbonyl (C=O) groups excluding carboxylic acids is 1. The maximum Gasteiger partial charge on any atom is 0.306 e. The third-order valence-electron chi connectivity index (χ3n) is 5.31. The average Bonchev–Trinajstić information content (AvgIpc) is 2.89. The van der Waals surface area contributed by atoms with Crippen molar-refractivity contribution in [3.05, 3.63) is 23.8 Å². The van der Waals surface area contributed by atoms with Crippen LogP contribution in [0, 0.1) is 5.92 Å². The number of rotatable bonds is 4. The van der Waals surface area contributed by atoms with Crippen molar-refractivity contribution < 1.29 is 23.1 Å². The predicted octanol–water partition coefficient (Wildman–Crippen LogP) is 1.91. The second kappa shape index (κ2) is 7.00. The Kier molecular flexibility index (Phi) is 5.07. The van der Waals surface area contributed by atoms with Crippen LogP contribution in [0.2, 0.25) is 0 Å². The van der Waals surface area contributed by atoms with E-state index in [2.05, 4.69) is 4.72 Å². The molecular formula is C18H24N2O5S. The van der Waals surface area contributed by atoms with Gasteiger partial charge in [-0.05, 0) is 62.8 Å². The summed E-state index contributed by atoms with van der Waals surface area (Å²) < 4.78 is 28.1. The molecule has 26 heavy (non-hydrogen) atoms. The van der Waals surface area contributed by atoms with Gasteiger partial charge in [-0.1, -0.05) is 0 Å². The Hall–Kier alpha value is -1.93. The minimum atomic E-state index is -3.68. The minimum absolute atomic E-state index is 0.0136. The van der Waals surface area contributed by atoms with E-state index in [9.17, 15) is 18.0 Å². The fraction of sp³-hybridized carbons (Fsp3) is 0.556. The third kappa shape index (κ3) is 3.61. The summed E-state index contributed by atoms with van der Waals surface area (Å²) in [6.07, 6.45) is 2.64. The van der Waals surface area contributed by atoms with Gasteiger partial charge in [-0.2, -0.15) is 0 Å². The van der Waals surface area contributed by atoms with Crippen LogP contribution in [0.5, 0.6) is 0 Å². The highest BCUT2D eigenvalue weighted by molar-refractivity contribution is 7.89. The molecule has 1 atom stereocenters. The second-order valence-electron chi connectivity index (χ2n) is 7.24. The Labute approximate surface area is 153 Å². The molecule has 1 heterocycles. The van der Waals surface area contributed by atoms with E-state index in [1.165, 1.54) is 13.0 Å². The predicted molar refractivity (Wildman–Crippen MR) is 96.5 cm³/mol. The lowest BCUT2D eigenvalue weighted by Gasteiger charge is -2.26. The number of nitrogens with one attached hydrogen (secondary N) is 1. The number of benzene rings is 1. The van der Waals surface area contributed by atoms with Crippen LogP contribution >= 0.6 is 0 Å². The van der Waals surface area contributed by atoms with Gasteiger partial charge < -0.3 is 10.0 Å². The molecule has 1 amide bonds. The van der Waals surface area contributed by atoms with Gasteiger partial charge in [-0.3, -0.25) is 9.59 Å². The monoisotopic (exact) mass is 380 g/mol. The number of hydrogen-bond acceptors (Lipinski definition) is 4. The van der Waals surface area contributed by atoms with Gasteiger partial charge in [-0.25, -0.2) is 13.1 Å². The Morgan fingerprint density at radius 2 is 1.85 bits per heavy atom. The Bertz CT molecular complexity index is 828. The van der Waals surface area contributed by atoms with E-state index in [4.69, 9.17) is 5.11 Å². The van der Waals surface area contributed by atoms with Crippen molar-refractivity contribution in [2.24, 2.45) is 5.92 Å². The molecule has 1 aliphatic heterocycles. The van der Waals surface area contributed by atoms with E-state index >= 15 is 0 Å². The fourth-order valence-electron chi connectivity index (χ4n) is 4.00. The summed E-state index contributed by atoms with van der Waals surface area (Å²) >= 11 is 0. The molecule has 1 fully saturated rings. The number of aliphatic carboxylic acids is 1. The van der Waals surface area contributed by atoms with Gasteiger partial charge in [0.1, 0.15) is 0 Å². The number of sulfonamides is 1. The summed E-state index contributed by atoms with van der Waals surface area (Å²) in [6.45, 7) is 3.44. The number of anilines is 1. The molecular weight excluding hydrogens is 356 g/mol. The van der Waals surface area contributed by atoms with Crippen LogP contribution in [0.15, 0.2) is 23.1 Å². The van der Waals surface area contributed by atoms with E-state index < -0.39 is 16.0 Å². The molecule has 1 saturated carbocycles. The number of amides is 1. The van der Waals surface area contributed by atoms with Crippen molar-refractivity contribution in [3.63, 3.8) is 0 Å². The highest BCUT2D eigenvalue weighted by Crippen LogP contribution is 2.34. The summed E-state index contributed by atoms with van der Waals surface area (Å²) in [5.74, 6) is -1.25. The molecule has 142 valence electrons. The van der Waals surface area contributed by atoms with Gasteiger partial charge in [0.05, 0.1) is 10.8 Å². The van der Waals surface area contributed by atoms with Gasteiger partial charge in [0.2, 0.25) is 15.9 Å². The first-order valence-electron chi connectivity index (χ1n) is 8.87. The number of carbonyl (C=O) groups is 2. The highest BCUT2D eigenvalue weighted by atomic mass is 32.2. The molecule has 1 unspecified atom stereocenters. The van der Waals surface area contributed by atoms with Crippen LogP contribution in [0.1, 0.15) is 45.1 Å². The zero-order valence-electron chi connectivity index (χ0n) is 14.9. The second-order valence-corrected chi connectivity index (χ2v) is 8.95. The highest BCUT2D eigenvalue weighted by Gasteiger charge is 2.32. The maximum absolute atomic E-state index is 12.7. The fourth-order valence-corrected chi connectivity index (χ4v) is 5.36. The normalized spacial score (nSPS) is 25.8. The van der Waals surface area contributed by atoms with E-state index in [-0.39, 0.29) is 28.8 Å². The molecule has 2 aliphatic rings. The summed E-state index contributed by atoms with van der Waals surface area (Å²) in [4.78, 5) is 24.7. The first-order valence-corrected chi connectivity index (χ1v) is 10.3. The summed E-state index contributed by atoms with van der Waals surface area (Å²) in [7, 11) is -3.68. The summed E-state index contributed by atoms with van der Waals surface area (Å²) in [5, 5.41) is 9.04. The molecule has 1 aliphatic carbocycles. The van der Waals surface area contributed by atoms with Crippen LogP contribution < -0.4 is 9.62 Å². The first kappa shape index (κ1) is 18.8. The Balaban J connectivity index is 1.74. The van der Waals surface area contributed by atoms with Crippen molar-refractivity contribution >= 4 is 27.6 Å². The lowest BCUT2D eigenvalue weighted by atomic mass is 9.87. The van der Waals surface area contributed by atoms with Gasteiger partial charge in [0.15, 0.2) is 0 Å². The molecule has 8 heteroatoms. The van der Waals surface area contributed by atoms with E-state index in [0.29, 0.717) is 32.1 Å². The largest absolute Gasteiger partial charge is 0.481 e. The van der Waals surface area contributed by atoms with Crippen molar-refractivity contribution in [2.45, 2.75) is 62.9 Å². The first-order chi connectivity index (χ1) is 12.2. The van der Waals surface area contributed by atoms with Gasteiger partial charge in [0.25, 0.3) is 0 Å². The molecule has 2 N–H and O–H groups in total. The number of nitrogens with zero attached hydrogens (tertiary/aromatic N) is 1. The zero-order valence-corrected chi connectivity index (χ0v) is 15.8. The lowest BCUT2D eigenvalue weighted by Crippen LogP contribution is -2.38. The van der Waals surface area contributed by atoms with Gasteiger partial charge in [0, 0.05) is 24.7 Å². The summed E-state index contributed by atoms with van der Waals surface area (Å²) in [5.41, 5.74) is 1.62. The summed E-state index contributed by atoms with van der Waals surface area (Å²) in [6, 6.07) is 4.63. The Morgan fingerprint density at radius 1 is 1.19 bits per heavy atom. The minimum Gasteiger partial charge on any atom is -0.481 e. The van der Waals surface area contributed by atoms with Crippen LogP contribution in [0.3, 0.4) is 0 Å². The van der Waals surface area contributed by atoms with Crippen molar-refractivity contribution in [1.29, 1.82) is 0 Å². The van der Waals surface area contributed by atoms with Crippen LogP contribution in [-0.4, -0.2) is 37.5 Å². The van der Waals surface area contributed by atoms with Crippen LogP contribution in [0.25, 0.3) is 0 Å². The van der Waals surface area contributed by atoms with E-state index in [1.54, 1.807) is 17.0 Å². The van der Waals surface area contributed by atoms with Crippen molar-refractivity contribution in [2.75, 3.05) is 4.90 Å². The van der Waals surface area contributed by atoms with E-state index in [0.717, 1.165) is 11.3 Å². The van der Waals surface area contributed by atoms with Gasteiger partial charge >= 0.3 is 5.97 Å². The van der Waals surface area contributed by atoms with E-state index in [1.807, 2.05) is 6.92 Å². The zero-order chi connectivity index (χ0) is 19.1. The molecule has 3 rings (SSSR count). The third-order valence-corrected chi connectivity index (χ3v) is 6.83. The molecule has 0 spiro atoms. The topological polar surface area (TPSA) is 104 Å². The lowest BCUT2D eigenvalue weighted by molar-refractivity contribution is -0.142. The molecule has 0 bridgehead atoms. The number of carboxylic acid groups (broad SMARTS) is 1. The van der Waals surface area contributed by atoms with Crippen molar-refractivity contribution in [1.82, 2.24) is 4.72 Å². The molecule has 1 aromatic carbocycles. The number of carboxylic acids is 1. The maximum atomic E-state index is 12.7. The van der Waals surface area contributed by atoms with Crippen LogP contribution in [0.4, 0.5) is 5.69 Å². The smallest absolute Gasteiger partial charge is 0.306 e. The molecule has 0 saturated heterocycles. The number of hydrogen-bond donors (Lipinski definition) is 2.